The number of aryl methyl sites for hydroxylation is 2. The third-order valence-electron chi connectivity index (χ3n) is 5.75. The van der Waals surface area contributed by atoms with Crippen LogP contribution < -0.4 is 15.7 Å². The molecule has 7 heteroatoms. The van der Waals surface area contributed by atoms with Gasteiger partial charge in [-0.15, -0.1) is 0 Å². The van der Waals surface area contributed by atoms with Crippen molar-refractivity contribution < 1.29 is 23.8 Å². The summed E-state index contributed by atoms with van der Waals surface area (Å²) in [4.78, 5) is 36.8. The van der Waals surface area contributed by atoms with Crippen molar-refractivity contribution in [2.24, 2.45) is 0 Å². The number of carboxylic acids is 1. The van der Waals surface area contributed by atoms with Crippen molar-refractivity contribution >= 4 is 22.8 Å². The first-order valence-electron chi connectivity index (χ1n) is 10.7. The average Bonchev–Trinajstić information content (AvgIpc) is 3.24. The Bertz CT molecular complexity index is 1230. The standard InChI is InChI=1S/C25H25NO6/c1-14-11-20(22-17-9-6-10-18(17)25(30)32-21(22)12-14)31-15(2)23(27)26-19(24(28)29)13-16-7-4-3-5-8-16/h3-5,7-8,11-12,15,19H,6,9-10,13H2,1-2H3,(H,26,27)(H,28,29)/t15?,19-/m0/s1. The Morgan fingerprint density at radius 1 is 1.16 bits per heavy atom. The topological polar surface area (TPSA) is 106 Å². The number of benzene rings is 2. The number of ether oxygens (including phenoxy) is 1. The van der Waals surface area contributed by atoms with Crippen molar-refractivity contribution in [2.45, 2.75) is 51.7 Å². The molecule has 0 fully saturated rings. The molecular weight excluding hydrogens is 410 g/mol. The molecule has 2 atom stereocenters. The number of nitrogens with one attached hydrogen (secondary N) is 1. The molecule has 7 nitrogen and oxygen atoms in total. The van der Waals surface area contributed by atoms with Gasteiger partial charge in [0.2, 0.25) is 0 Å². The van der Waals surface area contributed by atoms with Crippen LogP contribution in [-0.4, -0.2) is 29.1 Å². The normalized spacial score (nSPS) is 14.6. The zero-order valence-electron chi connectivity index (χ0n) is 18.0. The number of hydrogen-bond acceptors (Lipinski definition) is 5. The van der Waals surface area contributed by atoms with Gasteiger partial charge in [0.05, 0.1) is 5.39 Å². The van der Waals surface area contributed by atoms with E-state index in [1.54, 1.807) is 13.0 Å². The SMILES string of the molecule is Cc1cc(OC(C)C(=O)N[C@@H](Cc2ccccc2)C(=O)O)c2c3c(c(=O)oc2c1)CCC3. The van der Waals surface area contributed by atoms with Crippen LogP contribution in [0.15, 0.2) is 51.7 Å². The van der Waals surface area contributed by atoms with Crippen molar-refractivity contribution in [1.82, 2.24) is 5.32 Å². The Kier molecular flexibility index (Phi) is 5.99. The summed E-state index contributed by atoms with van der Waals surface area (Å²) in [6.07, 6.45) is 1.50. The fourth-order valence-corrected chi connectivity index (χ4v) is 4.18. The summed E-state index contributed by atoms with van der Waals surface area (Å²) in [7, 11) is 0. The number of carbonyl (C=O) groups is 2. The van der Waals surface area contributed by atoms with Gasteiger partial charge in [-0.25, -0.2) is 9.59 Å². The fraction of sp³-hybridized carbons (Fsp3) is 0.320. The molecule has 3 aromatic rings. The first-order valence-corrected chi connectivity index (χ1v) is 10.7. The molecule has 0 saturated heterocycles. The molecule has 1 heterocycles. The fourth-order valence-electron chi connectivity index (χ4n) is 4.18. The van der Waals surface area contributed by atoms with Gasteiger partial charge in [0.1, 0.15) is 17.4 Å². The summed E-state index contributed by atoms with van der Waals surface area (Å²) >= 11 is 0. The van der Waals surface area contributed by atoms with E-state index in [2.05, 4.69) is 5.32 Å². The monoisotopic (exact) mass is 435 g/mol. The van der Waals surface area contributed by atoms with E-state index < -0.39 is 24.0 Å². The van der Waals surface area contributed by atoms with Gasteiger partial charge in [-0.3, -0.25) is 4.79 Å². The quantitative estimate of drug-likeness (QED) is 0.552. The smallest absolute Gasteiger partial charge is 0.339 e. The number of carbonyl (C=O) groups excluding carboxylic acids is 1. The van der Waals surface area contributed by atoms with Gasteiger partial charge in [0.25, 0.3) is 5.91 Å². The Morgan fingerprint density at radius 3 is 2.59 bits per heavy atom. The van der Waals surface area contributed by atoms with E-state index in [1.165, 1.54) is 0 Å². The molecule has 166 valence electrons. The predicted octanol–water partition coefficient (Wildman–Crippen LogP) is 3.17. The van der Waals surface area contributed by atoms with Crippen LogP contribution >= 0.6 is 0 Å². The molecule has 0 radical (unpaired) electrons. The first kappa shape index (κ1) is 21.6. The van der Waals surface area contributed by atoms with Crippen LogP contribution in [0.25, 0.3) is 11.0 Å². The summed E-state index contributed by atoms with van der Waals surface area (Å²) in [6.45, 7) is 3.43. The highest BCUT2D eigenvalue weighted by atomic mass is 16.5. The highest BCUT2D eigenvalue weighted by Gasteiger charge is 2.27. The van der Waals surface area contributed by atoms with Crippen molar-refractivity contribution in [1.29, 1.82) is 0 Å². The first-order chi connectivity index (χ1) is 15.3. The third-order valence-corrected chi connectivity index (χ3v) is 5.75. The molecule has 1 unspecified atom stereocenters. The molecular formula is C25H25NO6. The molecule has 0 saturated carbocycles. The van der Waals surface area contributed by atoms with Crippen molar-refractivity contribution in [2.75, 3.05) is 0 Å². The minimum Gasteiger partial charge on any atom is -0.480 e. The summed E-state index contributed by atoms with van der Waals surface area (Å²) in [6, 6.07) is 11.6. The lowest BCUT2D eigenvalue weighted by Crippen LogP contribution is -2.47. The second-order valence-corrected chi connectivity index (χ2v) is 8.19. The minimum absolute atomic E-state index is 0.167. The maximum absolute atomic E-state index is 12.8. The van der Waals surface area contributed by atoms with Crippen LogP contribution in [0, 0.1) is 6.92 Å². The van der Waals surface area contributed by atoms with Gasteiger partial charge in [-0.1, -0.05) is 30.3 Å². The number of amides is 1. The number of carboxylic acid groups (broad SMARTS) is 1. The Labute approximate surface area is 185 Å². The van der Waals surface area contributed by atoms with E-state index in [4.69, 9.17) is 9.15 Å². The van der Waals surface area contributed by atoms with E-state index in [0.717, 1.165) is 29.5 Å². The number of aliphatic carboxylic acids is 1. The molecule has 1 aromatic heterocycles. The van der Waals surface area contributed by atoms with Crippen molar-refractivity contribution in [3.05, 3.63) is 75.1 Å². The summed E-state index contributed by atoms with van der Waals surface area (Å²) in [5.41, 5.74) is 3.32. The Morgan fingerprint density at radius 2 is 1.88 bits per heavy atom. The van der Waals surface area contributed by atoms with Crippen LogP contribution in [0.4, 0.5) is 0 Å². The summed E-state index contributed by atoms with van der Waals surface area (Å²) in [5.74, 6) is -1.19. The zero-order valence-corrected chi connectivity index (χ0v) is 18.0. The van der Waals surface area contributed by atoms with Crippen LogP contribution in [0.3, 0.4) is 0 Å². The van der Waals surface area contributed by atoms with E-state index in [9.17, 15) is 19.5 Å². The molecule has 0 spiro atoms. The molecule has 0 bridgehead atoms. The van der Waals surface area contributed by atoms with Gasteiger partial charge < -0.3 is 19.6 Å². The summed E-state index contributed by atoms with van der Waals surface area (Å²) in [5, 5.41) is 12.8. The van der Waals surface area contributed by atoms with Gasteiger partial charge in [-0.2, -0.15) is 0 Å². The maximum Gasteiger partial charge on any atom is 0.339 e. The van der Waals surface area contributed by atoms with Gasteiger partial charge >= 0.3 is 11.6 Å². The molecule has 4 rings (SSSR count). The molecule has 1 amide bonds. The highest BCUT2D eigenvalue weighted by molar-refractivity contribution is 5.90. The molecule has 32 heavy (non-hydrogen) atoms. The molecule has 1 aliphatic carbocycles. The van der Waals surface area contributed by atoms with E-state index in [1.807, 2.05) is 43.3 Å². The lowest BCUT2D eigenvalue weighted by Gasteiger charge is -2.20. The molecule has 0 aliphatic heterocycles. The number of fused-ring (bicyclic) bond motifs is 3. The maximum atomic E-state index is 12.8. The lowest BCUT2D eigenvalue weighted by atomic mass is 10.0. The number of hydrogen-bond donors (Lipinski definition) is 2. The van der Waals surface area contributed by atoms with Gasteiger partial charge in [0.15, 0.2) is 6.10 Å². The second-order valence-electron chi connectivity index (χ2n) is 8.19. The van der Waals surface area contributed by atoms with Crippen LogP contribution in [-0.2, 0) is 28.9 Å². The van der Waals surface area contributed by atoms with E-state index in [-0.39, 0.29) is 12.0 Å². The predicted molar refractivity (Wildman–Crippen MR) is 119 cm³/mol. The minimum atomic E-state index is -1.12. The third kappa shape index (κ3) is 4.37. The van der Waals surface area contributed by atoms with Gasteiger partial charge in [0, 0.05) is 12.0 Å². The van der Waals surface area contributed by atoms with E-state index >= 15 is 0 Å². The van der Waals surface area contributed by atoms with Crippen LogP contribution in [0.2, 0.25) is 0 Å². The summed E-state index contributed by atoms with van der Waals surface area (Å²) < 4.78 is 11.5. The molecule has 2 N–H and O–H groups in total. The highest BCUT2D eigenvalue weighted by Crippen LogP contribution is 2.35. The average molecular weight is 435 g/mol. The Hall–Kier alpha value is -3.61. The van der Waals surface area contributed by atoms with Crippen LogP contribution in [0.5, 0.6) is 5.75 Å². The van der Waals surface area contributed by atoms with Crippen molar-refractivity contribution in [3.63, 3.8) is 0 Å². The van der Waals surface area contributed by atoms with Crippen LogP contribution in [0.1, 0.15) is 35.6 Å². The van der Waals surface area contributed by atoms with Gasteiger partial charge in [-0.05, 0) is 61.9 Å². The number of rotatable bonds is 7. The Balaban J connectivity index is 1.57. The molecule has 2 aromatic carbocycles. The lowest BCUT2D eigenvalue weighted by molar-refractivity contribution is -0.142. The second kappa shape index (κ2) is 8.86. The molecule has 1 aliphatic rings. The zero-order chi connectivity index (χ0) is 22.8. The van der Waals surface area contributed by atoms with Crippen molar-refractivity contribution in [3.8, 4) is 5.75 Å². The largest absolute Gasteiger partial charge is 0.480 e. The van der Waals surface area contributed by atoms with E-state index in [0.29, 0.717) is 28.7 Å².